The van der Waals surface area contributed by atoms with E-state index in [1.54, 1.807) is 18.2 Å². The van der Waals surface area contributed by atoms with Gasteiger partial charge < -0.3 is 5.32 Å². The van der Waals surface area contributed by atoms with Crippen molar-refractivity contribution in [3.8, 4) is 0 Å². The second kappa shape index (κ2) is 7.88. The van der Waals surface area contributed by atoms with E-state index in [2.05, 4.69) is 5.32 Å². The summed E-state index contributed by atoms with van der Waals surface area (Å²) in [5.41, 5.74) is 1.02. The van der Waals surface area contributed by atoms with Crippen molar-refractivity contribution >= 4 is 21.6 Å². The molecular weight excluding hydrogens is 369 g/mol. The van der Waals surface area contributed by atoms with Gasteiger partial charge in [-0.05, 0) is 24.6 Å². The highest BCUT2D eigenvalue weighted by Gasteiger charge is 2.22. The predicted molar refractivity (Wildman–Crippen MR) is 91.4 cm³/mol. The Balaban J connectivity index is 2.16. The number of aryl methyl sites for hydroxylation is 1. The Morgan fingerprint density at radius 3 is 2.42 bits per heavy atom. The minimum Gasteiger partial charge on any atom is -0.322 e. The number of hydrogen-bond donors (Lipinski definition) is 1. The fourth-order valence-corrected chi connectivity index (χ4v) is 3.01. The Kier molecular flexibility index (Phi) is 6.04. The lowest BCUT2D eigenvalue weighted by Crippen LogP contribution is -2.37. The van der Waals surface area contributed by atoms with Gasteiger partial charge in [0.1, 0.15) is 0 Å². The summed E-state index contributed by atoms with van der Waals surface area (Å²) in [7, 11) is -3.74. The van der Waals surface area contributed by atoms with Crippen molar-refractivity contribution in [2.45, 2.75) is 13.5 Å². The lowest BCUT2D eigenvalue weighted by atomic mass is 10.1. The third-order valence-corrected chi connectivity index (χ3v) is 4.74. The number of nitrogens with one attached hydrogen (secondary N) is 1. The van der Waals surface area contributed by atoms with Crippen molar-refractivity contribution in [3.63, 3.8) is 0 Å². The number of benzene rings is 2. The maximum Gasteiger partial charge on any atom is 0.239 e. The molecule has 9 heteroatoms. The van der Waals surface area contributed by atoms with Gasteiger partial charge in [0.2, 0.25) is 15.9 Å². The standard InChI is InChI=1S/C17H17F3N2O3S/c1-11-4-3-5-12(8-11)9-22(26(2,24)25)10-15(23)21-14-7-6-13(18)16(19)17(14)20/h3-8H,9-10H2,1-2H3,(H,21,23). The number of hydrogen-bond acceptors (Lipinski definition) is 3. The Hall–Kier alpha value is -2.39. The number of nitrogens with zero attached hydrogens (tertiary/aromatic N) is 1. The van der Waals surface area contributed by atoms with Gasteiger partial charge in [-0.3, -0.25) is 4.79 Å². The minimum absolute atomic E-state index is 0.0613. The van der Waals surface area contributed by atoms with Crippen molar-refractivity contribution in [2.75, 3.05) is 18.1 Å². The smallest absolute Gasteiger partial charge is 0.239 e. The highest BCUT2D eigenvalue weighted by Crippen LogP contribution is 2.20. The number of sulfonamides is 1. The van der Waals surface area contributed by atoms with Crippen molar-refractivity contribution in [1.82, 2.24) is 4.31 Å². The van der Waals surface area contributed by atoms with E-state index in [1.807, 2.05) is 13.0 Å². The third kappa shape index (κ3) is 5.06. The summed E-state index contributed by atoms with van der Waals surface area (Å²) >= 11 is 0. The monoisotopic (exact) mass is 386 g/mol. The van der Waals surface area contributed by atoms with Crippen LogP contribution in [0.4, 0.5) is 18.9 Å². The van der Waals surface area contributed by atoms with Crippen LogP contribution in [0.3, 0.4) is 0 Å². The SMILES string of the molecule is Cc1cccc(CN(CC(=O)Nc2ccc(F)c(F)c2F)S(C)(=O)=O)c1. The Morgan fingerprint density at radius 2 is 1.81 bits per heavy atom. The predicted octanol–water partition coefficient (Wildman–Crippen LogP) is 2.81. The van der Waals surface area contributed by atoms with Gasteiger partial charge in [-0.25, -0.2) is 21.6 Å². The van der Waals surface area contributed by atoms with Crippen LogP contribution in [0.15, 0.2) is 36.4 Å². The van der Waals surface area contributed by atoms with E-state index < -0.39 is 45.6 Å². The number of amides is 1. The average molecular weight is 386 g/mol. The van der Waals surface area contributed by atoms with Crippen LogP contribution in [-0.2, 0) is 21.4 Å². The van der Waals surface area contributed by atoms with Gasteiger partial charge in [0.25, 0.3) is 0 Å². The fraction of sp³-hybridized carbons (Fsp3) is 0.235. The molecule has 5 nitrogen and oxygen atoms in total. The Labute approximate surface area is 149 Å². The molecule has 0 heterocycles. The molecule has 0 fully saturated rings. The summed E-state index contributed by atoms with van der Waals surface area (Å²) in [6, 6.07) is 8.59. The van der Waals surface area contributed by atoms with Gasteiger partial charge in [0, 0.05) is 6.54 Å². The molecule has 0 radical (unpaired) electrons. The number of carbonyl (C=O) groups excluding carboxylic acids is 1. The van der Waals surface area contributed by atoms with Gasteiger partial charge in [-0.2, -0.15) is 4.31 Å². The molecule has 2 aromatic carbocycles. The van der Waals surface area contributed by atoms with E-state index in [0.29, 0.717) is 11.6 Å². The molecular formula is C17H17F3N2O3S. The molecule has 0 unspecified atom stereocenters. The average Bonchev–Trinajstić information content (AvgIpc) is 2.54. The van der Waals surface area contributed by atoms with Gasteiger partial charge in [0.15, 0.2) is 17.5 Å². The summed E-state index contributed by atoms with van der Waals surface area (Å²) in [5.74, 6) is -5.55. The number of anilines is 1. The van der Waals surface area contributed by atoms with Crippen LogP contribution in [0.5, 0.6) is 0 Å². The quantitative estimate of drug-likeness (QED) is 0.777. The molecule has 0 bridgehead atoms. The zero-order valence-corrected chi connectivity index (χ0v) is 14.9. The molecule has 0 saturated heterocycles. The van der Waals surface area contributed by atoms with E-state index >= 15 is 0 Å². The van der Waals surface area contributed by atoms with Crippen LogP contribution < -0.4 is 5.32 Å². The van der Waals surface area contributed by atoms with Crippen molar-refractivity contribution in [1.29, 1.82) is 0 Å². The maximum atomic E-state index is 13.6. The second-order valence-corrected chi connectivity index (χ2v) is 7.77. The molecule has 0 aliphatic rings. The summed E-state index contributed by atoms with van der Waals surface area (Å²) in [5, 5.41) is 2.05. The van der Waals surface area contributed by atoms with E-state index in [9.17, 15) is 26.4 Å². The second-order valence-electron chi connectivity index (χ2n) is 5.79. The summed E-state index contributed by atoms with van der Waals surface area (Å²) in [6.07, 6.45) is 0.939. The maximum absolute atomic E-state index is 13.6. The molecule has 1 amide bonds. The fourth-order valence-electron chi connectivity index (χ4n) is 2.28. The summed E-state index contributed by atoms with van der Waals surface area (Å²) in [4.78, 5) is 12.1. The zero-order chi connectivity index (χ0) is 19.5. The first-order valence-electron chi connectivity index (χ1n) is 7.52. The van der Waals surface area contributed by atoms with Gasteiger partial charge in [-0.15, -0.1) is 0 Å². The number of rotatable bonds is 6. The molecule has 0 aliphatic heterocycles. The minimum atomic E-state index is -3.74. The summed E-state index contributed by atoms with van der Waals surface area (Å²) in [6.45, 7) is 1.17. The molecule has 0 atom stereocenters. The first-order chi connectivity index (χ1) is 12.1. The molecule has 2 aromatic rings. The third-order valence-electron chi connectivity index (χ3n) is 3.54. The lowest BCUT2D eigenvalue weighted by Gasteiger charge is -2.20. The van der Waals surface area contributed by atoms with Gasteiger partial charge in [-0.1, -0.05) is 29.8 Å². The lowest BCUT2D eigenvalue weighted by molar-refractivity contribution is -0.116. The Morgan fingerprint density at radius 1 is 1.12 bits per heavy atom. The van der Waals surface area contributed by atoms with Crippen LogP contribution in [0.25, 0.3) is 0 Å². The molecule has 1 N–H and O–H groups in total. The van der Waals surface area contributed by atoms with Crippen LogP contribution in [-0.4, -0.2) is 31.4 Å². The molecule has 0 aliphatic carbocycles. The van der Waals surface area contributed by atoms with E-state index in [-0.39, 0.29) is 6.54 Å². The van der Waals surface area contributed by atoms with Crippen molar-refractivity contribution in [2.24, 2.45) is 0 Å². The van der Waals surface area contributed by atoms with Crippen LogP contribution in [0, 0.1) is 24.4 Å². The van der Waals surface area contributed by atoms with E-state index in [0.717, 1.165) is 22.2 Å². The first-order valence-corrected chi connectivity index (χ1v) is 9.37. The van der Waals surface area contributed by atoms with Crippen LogP contribution in [0.1, 0.15) is 11.1 Å². The highest BCUT2D eigenvalue weighted by atomic mass is 32.2. The molecule has 2 rings (SSSR count). The molecule has 26 heavy (non-hydrogen) atoms. The van der Waals surface area contributed by atoms with Crippen molar-refractivity contribution in [3.05, 3.63) is 65.0 Å². The van der Waals surface area contributed by atoms with E-state index in [1.165, 1.54) is 0 Å². The molecule has 0 saturated carbocycles. The number of carbonyl (C=O) groups is 1. The molecule has 0 aromatic heterocycles. The highest BCUT2D eigenvalue weighted by molar-refractivity contribution is 7.88. The van der Waals surface area contributed by atoms with Gasteiger partial charge >= 0.3 is 0 Å². The van der Waals surface area contributed by atoms with Crippen molar-refractivity contribution < 1.29 is 26.4 Å². The van der Waals surface area contributed by atoms with Crippen LogP contribution in [0.2, 0.25) is 0 Å². The molecule has 0 spiro atoms. The van der Waals surface area contributed by atoms with Gasteiger partial charge in [0.05, 0.1) is 18.5 Å². The zero-order valence-electron chi connectivity index (χ0n) is 14.1. The first kappa shape index (κ1) is 19.9. The van der Waals surface area contributed by atoms with E-state index in [4.69, 9.17) is 0 Å². The summed E-state index contributed by atoms with van der Waals surface area (Å²) < 4.78 is 64.5. The topological polar surface area (TPSA) is 66.5 Å². The molecule has 140 valence electrons. The largest absolute Gasteiger partial charge is 0.322 e. The normalized spacial score (nSPS) is 11.6. The Bertz CT molecular complexity index is 933. The van der Waals surface area contributed by atoms with Crippen LogP contribution >= 0.6 is 0 Å². The number of halogens is 3.